The van der Waals surface area contributed by atoms with Crippen LogP contribution in [0.4, 0.5) is 0 Å². The van der Waals surface area contributed by atoms with Crippen molar-refractivity contribution < 1.29 is 0 Å². The van der Waals surface area contributed by atoms with E-state index >= 15 is 0 Å². The van der Waals surface area contributed by atoms with Gasteiger partial charge in [-0.05, 0) is 18.4 Å². The molecule has 0 aliphatic heterocycles. The molecule has 1 fully saturated rings. The van der Waals surface area contributed by atoms with Crippen molar-refractivity contribution in [2.45, 2.75) is 38.5 Å². The molecule has 1 aromatic heterocycles. The van der Waals surface area contributed by atoms with Crippen LogP contribution in [0.3, 0.4) is 0 Å². The van der Waals surface area contributed by atoms with E-state index in [1.807, 2.05) is 0 Å². The van der Waals surface area contributed by atoms with Crippen LogP contribution in [0.15, 0.2) is 12.3 Å². The van der Waals surface area contributed by atoms with Crippen LogP contribution in [-0.2, 0) is 0 Å². The van der Waals surface area contributed by atoms with Crippen molar-refractivity contribution in [1.29, 1.82) is 0 Å². The normalized spacial score (nSPS) is 27.6. The first-order valence-electron chi connectivity index (χ1n) is 5.26. The van der Waals surface area contributed by atoms with Crippen LogP contribution in [-0.4, -0.2) is 9.97 Å². The first-order valence-corrected chi connectivity index (χ1v) is 5.63. The number of hydrogen-bond acceptors (Lipinski definition) is 2. The maximum Gasteiger partial charge on any atom is 0.133 e. The fourth-order valence-electron chi connectivity index (χ4n) is 2.23. The fraction of sp³-hybridized carbons (Fsp3) is 0.636. The molecule has 1 heterocycles. The molecule has 0 saturated heterocycles. The van der Waals surface area contributed by atoms with E-state index in [1.165, 1.54) is 25.7 Å². The van der Waals surface area contributed by atoms with E-state index in [1.54, 1.807) is 12.3 Å². The third kappa shape index (κ3) is 2.06. The number of hydrogen-bond donors (Lipinski definition) is 0. The van der Waals surface area contributed by atoms with Crippen molar-refractivity contribution in [3.05, 3.63) is 23.2 Å². The molecule has 2 atom stereocenters. The average Bonchev–Trinajstić information content (AvgIpc) is 2.18. The largest absolute Gasteiger partial charge is 0.241 e. The summed E-state index contributed by atoms with van der Waals surface area (Å²) in [6.45, 7) is 2.29. The Hall–Kier alpha value is -0.630. The molecule has 0 N–H and O–H groups in total. The van der Waals surface area contributed by atoms with Crippen LogP contribution in [0.5, 0.6) is 0 Å². The Bertz CT molecular complexity index is 314. The third-order valence-corrected chi connectivity index (χ3v) is 3.29. The summed E-state index contributed by atoms with van der Waals surface area (Å²) >= 11 is 5.86. The lowest BCUT2D eigenvalue weighted by molar-refractivity contribution is 0.319. The lowest BCUT2D eigenvalue weighted by Gasteiger charge is -2.27. The van der Waals surface area contributed by atoms with Gasteiger partial charge in [-0.25, -0.2) is 9.97 Å². The molecule has 1 aromatic rings. The van der Waals surface area contributed by atoms with E-state index in [9.17, 15) is 0 Å². The highest BCUT2D eigenvalue weighted by molar-refractivity contribution is 6.29. The Kier molecular flexibility index (Phi) is 3.02. The average molecular weight is 211 g/mol. The number of aromatic nitrogens is 2. The summed E-state index contributed by atoms with van der Waals surface area (Å²) in [5, 5.41) is 0.563. The fourth-order valence-corrected chi connectivity index (χ4v) is 2.37. The van der Waals surface area contributed by atoms with Gasteiger partial charge in [0.1, 0.15) is 11.0 Å². The summed E-state index contributed by atoms with van der Waals surface area (Å²) < 4.78 is 0. The molecule has 0 amide bonds. The van der Waals surface area contributed by atoms with Gasteiger partial charge < -0.3 is 0 Å². The van der Waals surface area contributed by atoms with Crippen molar-refractivity contribution in [1.82, 2.24) is 9.97 Å². The SMILES string of the molecule is CC1CCCCC1c1nccc(Cl)n1. The van der Waals surface area contributed by atoms with Crippen LogP contribution in [0.25, 0.3) is 0 Å². The van der Waals surface area contributed by atoms with Gasteiger partial charge >= 0.3 is 0 Å². The molecule has 76 valence electrons. The van der Waals surface area contributed by atoms with Gasteiger partial charge in [-0.1, -0.05) is 37.8 Å². The molecule has 3 heteroatoms. The highest BCUT2D eigenvalue weighted by atomic mass is 35.5. The van der Waals surface area contributed by atoms with Crippen LogP contribution in [0.2, 0.25) is 5.15 Å². The molecule has 14 heavy (non-hydrogen) atoms. The van der Waals surface area contributed by atoms with Crippen molar-refractivity contribution in [3.8, 4) is 0 Å². The van der Waals surface area contributed by atoms with Crippen molar-refractivity contribution >= 4 is 11.6 Å². The van der Waals surface area contributed by atoms with Crippen LogP contribution >= 0.6 is 11.6 Å². The van der Waals surface area contributed by atoms with Gasteiger partial charge in [-0.15, -0.1) is 0 Å². The summed E-state index contributed by atoms with van der Waals surface area (Å²) in [6, 6.07) is 1.73. The molecule has 2 rings (SSSR count). The second-order valence-corrected chi connectivity index (χ2v) is 4.49. The van der Waals surface area contributed by atoms with Gasteiger partial charge in [0.25, 0.3) is 0 Å². The predicted molar refractivity (Wildman–Crippen MR) is 57.4 cm³/mol. The second kappa shape index (κ2) is 4.26. The van der Waals surface area contributed by atoms with E-state index < -0.39 is 0 Å². The summed E-state index contributed by atoms with van der Waals surface area (Å²) in [5.74, 6) is 2.15. The van der Waals surface area contributed by atoms with Gasteiger partial charge in [0, 0.05) is 12.1 Å². The van der Waals surface area contributed by atoms with E-state index in [0.717, 1.165) is 5.82 Å². The first-order chi connectivity index (χ1) is 6.77. The van der Waals surface area contributed by atoms with Crippen LogP contribution in [0.1, 0.15) is 44.3 Å². The minimum atomic E-state index is 0.516. The van der Waals surface area contributed by atoms with Gasteiger partial charge in [0.2, 0.25) is 0 Å². The lowest BCUT2D eigenvalue weighted by Crippen LogP contribution is -2.17. The summed E-state index contributed by atoms with van der Waals surface area (Å²) in [7, 11) is 0. The molecule has 2 nitrogen and oxygen atoms in total. The zero-order valence-corrected chi connectivity index (χ0v) is 9.17. The van der Waals surface area contributed by atoms with E-state index in [-0.39, 0.29) is 0 Å². The first kappa shape index (κ1) is 9.91. The number of rotatable bonds is 1. The van der Waals surface area contributed by atoms with Crippen LogP contribution in [0, 0.1) is 5.92 Å². The predicted octanol–water partition coefficient (Wildman–Crippen LogP) is 3.42. The monoisotopic (exact) mass is 210 g/mol. The third-order valence-electron chi connectivity index (χ3n) is 3.08. The zero-order chi connectivity index (χ0) is 9.97. The quantitative estimate of drug-likeness (QED) is 0.664. The van der Waals surface area contributed by atoms with Crippen LogP contribution < -0.4 is 0 Å². The molecule has 0 spiro atoms. The van der Waals surface area contributed by atoms with E-state index in [2.05, 4.69) is 16.9 Å². The minimum Gasteiger partial charge on any atom is -0.241 e. The standard InChI is InChI=1S/C11H15ClN2/c1-8-4-2-3-5-9(8)11-13-7-6-10(12)14-11/h6-9H,2-5H2,1H3. The molecule has 2 unspecified atom stereocenters. The number of halogens is 1. The molecular weight excluding hydrogens is 196 g/mol. The topological polar surface area (TPSA) is 25.8 Å². The molecule has 1 aliphatic rings. The molecule has 1 aliphatic carbocycles. The smallest absolute Gasteiger partial charge is 0.133 e. The zero-order valence-electron chi connectivity index (χ0n) is 8.41. The molecule has 0 aromatic carbocycles. The van der Waals surface area contributed by atoms with Gasteiger partial charge in [0.15, 0.2) is 0 Å². The van der Waals surface area contributed by atoms with Gasteiger partial charge in [0.05, 0.1) is 0 Å². The Morgan fingerprint density at radius 2 is 2.14 bits per heavy atom. The summed E-state index contributed by atoms with van der Waals surface area (Å²) in [4.78, 5) is 8.62. The Labute approximate surface area is 89.7 Å². The Morgan fingerprint density at radius 3 is 2.86 bits per heavy atom. The minimum absolute atomic E-state index is 0.516. The van der Waals surface area contributed by atoms with Gasteiger partial charge in [-0.3, -0.25) is 0 Å². The summed E-state index contributed by atoms with van der Waals surface area (Å²) in [6.07, 6.45) is 6.90. The number of nitrogens with zero attached hydrogens (tertiary/aromatic N) is 2. The molecular formula is C11H15ClN2. The molecule has 0 bridgehead atoms. The highest BCUT2D eigenvalue weighted by Gasteiger charge is 2.24. The summed E-state index contributed by atoms with van der Waals surface area (Å²) in [5.41, 5.74) is 0. The Morgan fingerprint density at radius 1 is 1.36 bits per heavy atom. The lowest BCUT2D eigenvalue weighted by atomic mass is 9.80. The van der Waals surface area contributed by atoms with Crippen molar-refractivity contribution in [3.63, 3.8) is 0 Å². The van der Waals surface area contributed by atoms with Crippen molar-refractivity contribution in [2.24, 2.45) is 5.92 Å². The maximum atomic E-state index is 5.86. The van der Waals surface area contributed by atoms with Gasteiger partial charge in [-0.2, -0.15) is 0 Å². The van der Waals surface area contributed by atoms with E-state index in [4.69, 9.17) is 11.6 Å². The second-order valence-electron chi connectivity index (χ2n) is 4.11. The Balaban J connectivity index is 2.20. The molecule has 1 saturated carbocycles. The van der Waals surface area contributed by atoms with Crippen molar-refractivity contribution in [2.75, 3.05) is 0 Å². The highest BCUT2D eigenvalue weighted by Crippen LogP contribution is 2.35. The van der Waals surface area contributed by atoms with E-state index in [0.29, 0.717) is 17.0 Å². The maximum absolute atomic E-state index is 5.86. The molecule has 0 radical (unpaired) electrons.